The van der Waals surface area contributed by atoms with Crippen molar-refractivity contribution in [3.8, 4) is 45.6 Å². The summed E-state index contributed by atoms with van der Waals surface area (Å²) in [5, 5.41) is 6.07. The molecule has 0 saturated carbocycles. The first-order valence-electron chi connectivity index (χ1n) is 16.7. The lowest BCUT2D eigenvalue weighted by atomic mass is 10.0. The van der Waals surface area contributed by atoms with Gasteiger partial charge in [0.1, 0.15) is 27.8 Å². The number of fused-ring (bicyclic) bond motifs is 8. The Morgan fingerprint density at radius 2 is 1.00 bits per heavy atom. The van der Waals surface area contributed by atoms with Crippen LogP contribution in [0.4, 0.5) is 0 Å². The van der Waals surface area contributed by atoms with Gasteiger partial charge in [0.2, 0.25) is 5.89 Å². The second-order valence-electron chi connectivity index (χ2n) is 12.6. The average Bonchev–Trinajstić information content (AvgIpc) is 3.89. The second-order valence-corrected chi connectivity index (χ2v) is 12.6. The number of nitrogens with zero attached hydrogens (tertiary/aromatic N) is 4. The third-order valence-electron chi connectivity index (χ3n) is 9.55. The lowest BCUT2D eigenvalue weighted by Crippen LogP contribution is -2.00. The van der Waals surface area contributed by atoms with Crippen molar-refractivity contribution in [3.63, 3.8) is 0 Å². The highest BCUT2D eigenvalue weighted by Gasteiger charge is 2.21. The molecule has 4 aromatic heterocycles. The van der Waals surface area contributed by atoms with Crippen molar-refractivity contribution in [2.75, 3.05) is 0 Å². The maximum Gasteiger partial charge on any atom is 0.227 e. The van der Waals surface area contributed by atoms with E-state index >= 15 is 0 Å². The standard InChI is InChI=1S/C44H24N4O3/c1-2-11-26(12-3-1)41-46-42(30-15-8-18-35-39(30)29-14-6-7-17-34(29)49-35)48-43(47-41)31-16-9-19-36-40(31)32-23-33-38(24-37(32)50-36)51-44(45-33)28-21-20-25-10-4-5-13-27(25)22-28/h1-24H. The topological polar surface area (TPSA) is 91.0 Å². The molecule has 0 atom stereocenters. The van der Waals surface area contributed by atoms with Crippen molar-refractivity contribution < 1.29 is 13.3 Å². The smallest absolute Gasteiger partial charge is 0.227 e. The number of para-hydroxylation sites is 1. The van der Waals surface area contributed by atoms with Crippen LogP contribution in [0.3, 0.4) is 0 Å². The molecule has 7 nitrogen and oxygen atoms in total. The summed E-state index contributed by atoms with van der Waals surface area (Å²) in [7, 11) is 0. The molecule has 0 N–H and O–H groups in total. The first-order chi connectivity index (χ1) is 25.2. The maximum atomic E-state index is 6.45. The Morgan fingerprint density at radius 3 is 1.80 bits per heavy atom. The largest absolute Gasteiger partial charge is 0.456 e. The van der Waals surface area contributed by atoms with Gasteiger partial charge in [-0.05, 0) is 47.2 Å². The van der Waals surface area contributed by atoms with Crippen LogP contribution in [0.2, 0.25) is 0 Å². The number of rotatable bonds is 4. The van der Waals surface area contributed by atoms with E-state index in [-0.39, 0.29) is 0 Å². The fourth-order valence-corrected chi connectivity index (χ4v) is 7.17. The highest BCUT2D eigenvalue weighted by atomic mass is 16.4. The maximum absolute atomic E-state index is 6.45. The van der Waals surface area contributed by atoms with Gasteiger partial charge in [-0.15, -0.1) is 0 Å². The van der Waals surface area contributed by atoms with Crippen molar-refractivity contribution in [1.29, 1.82) is 0 Å². The number of oxazole rings is 1. The molecule has 0 saturated heterocycles. The third-order valence-corrected chi connectivity index (χ3v) is 9.55. The third kappa shape index (κ3) is 4.38. The van der Waals surface area contributed by atoms with Crippen LogP contribution >= 0.6 is 0 Å². The minimum atomic E-state index is 0.536. The lowest BCUT2D eigenvalue weighted by Gasteiger charge is -2.10. The molecule has 0 bridgehead atoms. The van der Waals surface area contributed by atoms with Gasteiger partial charge in [-0.1, -0.05) is 103 Å². The van der Waals surface area contributed by atoms with Gasteiger partial charge < -0.3 is 13.3 Å². The Balaban J connectivity index is 1.13. The van der Waals surface area contributed by atoms with E-state index in [0.717, 1.165) is 71.5 Å². The first kappa shape index (κ1) is 27.8. The number of hydrogen-bond acceptors (Lipinski definition) is 7. The van der Waals surface area contributed by atoms with Crippen LogP contribution in [0.15, 0.2) is 159 Å². The molecule has 7 heteroatoms. The van der Waals surface area contributed by atoms with E-state index in [1.165, 1.54) is 5.39 Å². The predicted octanol–water partition coefficient (Wildman–Crippen LogP) is 11.6. The monoisotopic (exact) mass is 656 g/mol. The van der Waals surface area contributed by atoms with E-state index in [9.17, 15) is 0 Å². The van der Waals surface area contributed by atoms with Crippen LogP contribution in [0.1, 0.15) is 0 Å². The molecule has 0 spiro atoms. The van der Waals surface area contributed by atoms with Crippen LogP contribution in [0.25, 0.3) is 111 Å². The molecule has 51 heavy (non-hydrogen) atoms. The van der Waals surface area contributed by atoms with Gasteiger partial charge >= 0.3 is 0 Å². The molecule has 0 aliphatic rings. The van der Waals surface area contributed by atoms with Crippen LogP contribution in [0.5, 0.6) is 0 Å². The zero-order valence-corrected chi connectivity index (χ0v) is 26.9. The van der Waals surface area contributed by atoms with E-state index in [0.29, 0.717) is 34.5 Å². The molecule has 11 aromatic rings. The highest BCUT2D eigenvalue weighted by Crippen LogP contribution is 2.40. The summed E-state index contributed by atoms with van der Waals surface area (Å²) in [5.74, 6) is 2.22. The quantitative estimate of drug-likeness (QED) is 0.186. The molecule has 0 fully saturated rings. The van der Waals surface area contributed by atoms with Gasteiger partial charge in [-0.3, -0.25) is 0 Å². The van der Waals surface area contributed by atoms with Gasteiger partial charge in [0, 0.05) is 49.9 Å². The van der Waals surface area contributed by atoms with E-state index < -0.39 is 0 Å². The summed E-state index contributed by atoms with van der Waals surface area (Å²) in [6.07, 6.45) is 0. The number of benzene rings is 7. The van der Waals surface area contributed by atoms with Crippen molar-refractivity contribution in [2.45, 2.75) is 0 Å². The normalized spacial score (nSPS) is 11.9. The molecule has 11 rings (SSSR count). The molecule has 238 valence electrons. The molecule has 0 amide bonds. The van der Waals surface area contributed by atoms with Gasteiger partial charge in [-0.2, -0.15) is 0 Å². The Bertz CT molecular complexity index is 3160. The zero-order valence-electron chi connectivity index (χ0n) is 26.9. The summed E-state index contributed by atoms with van der Waals surface area (Å²) in [6, 6.07) is 48.5. The number of furan rings is 2. The summed E-state index contributed by atoms with van der Waals surface area (Å²) in [5.41, 5.74) is 7.90. The van der Waals surface area contributed by atoms with E-state index in [1.54, 1.807) is 0 Å². The molecule has 0 radical (unpaired) electrons. The minimum absolute atomic E-state index is 0.536. The fraction of sp³-hybridized carbons (Fsp3) is 0. The summed E-state index contributed by atoms with van der Waals surface area (Å²) in [4.78, 5) is 20.2. The molecular weight excluding hydrogens is 633 g/mol. The fourth-order valence-electron chi connectivity index (χ4n) is 7.17. The molecule has 0 unspecified atom stereocenters. The zero-order chi connectivity index (χ0) is 33.5. The van der Waals surface area contributed by atoms with E-state index in [2.05, 4.69) is 30.3 Å². The predicted molar refractivity (Wildman–Crippen MR) is 201 cm³/mol. The molecule has 7 aromatic carbocycles. The van der Waals surface area contributed by atoms with Gasteiger partial charge in [-0.25, -0.2) is 19.9 Å². The summed E-state index contributed by atoms with van der Waals surface area (Å²) >= 11 is 0. The van der Waals surface area contributed by atoms with Crippen molar-refractivity contribution in [2.24, 2.45) is 0 Å². The Morgan fingerprint density at radius 1 is 0.353 bits per heavy atom. The first-order valence-corrected chi connectivity index (χ1v) is 16.7. The van der Waals surface area contributed by atoms with Crippen molar-refractivity contribution >= 4 is 65.7 Å². The summed E-state index contributed by atoms with van der Waals surface area (Å²) in [6.45, 7) is 0. The SMILES string of the molecule is c1ccc(-c2nc(-c3cccc4oc5ccccc5c34)nc(-c3cccc4oc5cc6oc(-c7ccc8ccccc8c7)nc6cc5c34)n2)cc1. The Kier molecular flexibility index (Phi) is 5.83. The number of hydrogen-bond donors (Lipinski definition) is 0. The van der Waals surface area contributed by atoms with Gasteiger partial charge in [0.05, 0.1) is 0 Å². The number of aromatic nitrogens is 4. The molecule has 0 aliphatic carbocycles. The molecule has 0 aliphatic heterocycles. The lowest BCUT2D eigenvalue weighted by molar-refractivity contribution is 0.617. The van der Waals surface area contributed by atoms with E-state index in [4.69, 9.17) is 33.2 Å². The van der Waals surface area contributed by atoms with Crippen molar-refractivity contribution in [1.82, 2.24) is 19.9 Å². The summed E-state index contributed by atoms with van der Waals surface area (Å²) < 4.78 is 19.0. The Hall–Kier alpha value is -7.12. The minimum Gasteiger partial charge on any atom is -0.456 e. The van der Waals surface area contributed by atoms with E-state index in [1.807, 2.05) is 115 Å². The van der Waals surface area contributed by atoms with Crippen LogP contribution in [-0.4, -0.2) is 19.9 Å². The average molecular weight is 657 g/mol. The Labute approximate surface area is 289 Å². The van der Waals surface area contributed by atoms with Crippen LogP contribution in [0, 0.1) is 0 Å². The van der Waals surface area contributed by atoms with Crippen LogP contribution in [-0.2, 0) is 0 Å². The van der Waals surface area contributed by atoms with Crippen molar-refractivity contribution in [3.05, 3.63) is 146 Å². The molecule has 4 heterocycles. The molecular formula is C44H24N4O3. The van der Waals surface area contributed by atoms with Gasteiger partial charge in [0.25, 0.3) is 0 Å². The van der Waals surface area contributed by atoms with Crippen LogP contribution < -0.4 is 0 Å². The highest BCUT2D eigenvalue weighted by molar-refractivity contribution is 6.15. The van der Waals surface area contributed by atoms with Gasteiger partial charge in [0.15, 0.2) is 23.1 Å². The second kappa shape index (κ2) is 10.7.